The van der Waals surface area contributed by atoms with Crippen LogP contribution in [0, 0.1) is 5.92 Å². The van der Waals surface area contributed by atoms with Crippen molar-refractivity contribution in [3.8, 4) is 0 Å². The van der Waals surface area contributed by atoms with Crippen molar-refractivity contribution in [3.05, 3.63) is 0 Å². The van der Waals surface area contributed by atoms with Crippen molar-refractivity contribution in [3.63, 3.8) is 0 Å². The maximum Gasteiger partial charge on any atom is 0.469 e. The standard InChI is InChI=1S/C31H61O8P/c32-30(33)26-22-18-14-10-6-2-1-4-8-12-16-20-24-29(28-39-40(36,37)38)25-21-17-13-9-5-3-7-11-15-19-23-27-31(34)35/h29H,1-28H2,(H,32,33)(H,34,35)(H2,36,37,38)/t29-/m0/s1. The van der Waals surface area contributed by atoms with Crippen molar-refractivity contribution in [2.24, 2.45) is 5.92 Å². The second-order valence-electron chi connectivity index (χ2n) is 11.6. The summed E-state index contributed by atoms with van der Waals surface area (Å²) in [6.45, 7) is 0.146. The number of hydrogen-bond acceptors (Lipinski definition) is 4. The Kier molecular flexibility index (Phi) is 27.5. The van der Waals surface area contributed by atoms with Gasteiger partial charge in [0.25, 0.3) is 0 Å². The quantitative estimate of drug-likeness (QED) is 0.0447. The smallest absolute Gasteiger partial charge is 0.469 e. The molecule has 1 atom stereocenters. The molecule has 0 saturated carbocycles. The predicted molar refractivity (Wildman–Crippen MR) is 161 cm³/mol. The van der Waals surface area contributed by atoms with Crippen LogP contribution in [-0.4, -0.2) is 38.5 Å². The van der Waals surface area contributed by atoms with Gasteiger partial charge in [0.15, 0.2) is 0 Å². The van der Waals surface area contributed by atoms with Gasteiger partial charge in [-0.05, 0) is 31.6 Å². The largest absolute Gasteiger partial charge is 0.481 e. The lowest BCUT2D eigenvalue weighted by Crippen LogP contribution is -2.09. The first kappa shape index (κ1) is 39.0. The van der Waals surface area contributed by atoms with E-state index in [1.165, 1.54) is 83.5 Å². The molecule has 0 aliphatic rings. The molecule has 238 valence electrons. The molecular formula is C31H61O8P. The second-order valence-corrected chi connectivity index (χ2v) is 12.9. The summed E-state index contributed by atoms with van der Waals surface area (Å²) in [7, 11) is -4.42. The Balaban J connectivity index is 3.71. The zero-order valence-electron chi connectivity index (χ0n) is 25.2. The van der Waals surface area contributed by atoms with Crippen LogP contribution in [0.5, 0.6) is 0 Å². The number of rotatable bonds is 32. The van der Waals surface area contributed by atoms with E-state index in [2.05, 4.69) is 0 Å². The van der Waals surface area contributed by atoms with Gasteiger partial charge in [-0.25, -0.2) is 4.57 Å². The number of hydrogen-bond donors (Lipinski definition) is 4. The van der Waals surface area contributed by atoms with Crippen molar-refractivity contribution in [1.82, 2.24) is 0 Å². The Bertz CT molecular complexity index is 637. The molecule has 4 N–H and O–H groups in total. The zero-order chi connectivity index (χ0) is 29.7. The van der Waals surface area contributed by atoms with E-state index in [1.54, 1.807) is 0 Å². The Labute approximate surface area is 244 Å². The van der Waals surface area contributed by atoms with Gasteiger partial charge in [0.05, 0.1) is 6.61 Å². The van der Waals surface area contributed by atoms with Crippen LogP contribution in [0.4, 0.5) is 0 Å². The van der Waals surface area contributed by atoms with Crippen LogP contribution >= 0.6 is 7.82 Å². The summed E-state index contributed by atoms with van der Waals surface area (Å²) < 4.78 is 16.0. The lowest BCUT2D eigenvalue weighted by molar-refractivity contribution is -0.138. The van der Waals surface area contributed by atoms with Crippen molar-refractivity contribution in [2.75, 3.05) is 6.61 Å². The summed E-state index contributed by atoms with van der Waals surface area (Å²) in [5.41, 5.74) is 0. The molecule has 40 heavy (non-hydrogen) atoms. The van der Waals surface area contributed by atoms with Gasteiger partial charge in [-0.3, -0.25) is 14.1 Å². The topological polar surface area (TPSA) is 141 Å². The first-order valence-electron chi connectivity index (χ1n) is 16.3. The monoisotopic (exact) mass is 592 g/mol. The van der Waals surface area contributed by atoms with E-state index in [4.69, 9.17) is 24.5 Å². The van der Waals surface area contributed by atoms with Crippen molar-refractivity contribution in [2.45, 2.75) is 173 Å². The maximum absolute atomic E-state index is 11.2. The molecule has 0 aliphatic heterocycles. The van der Waals surface area contributed by atoms with Gasteiger partial charge in [-0.1, -0.05) is 135 Å². The lowest BCUT2D eigenvalue weighted by Gasteiger charge is -2.17. The highest BCUT2D eigenvalue weighted by Gasteiger charge is 2.18. The molecule has 0 bridgehead atoms. The van der Waals surface area contributed by atoms with Gasteiger partial charge in [0, 0.05) is 12.8 Å². The first-order chi connectivity index (χ1) is 19.2. The fourth-order valence-corrected chi connectivity index (χ4v) is 5.70. The molecule has 0 heterocycles. The van der Waals surface area contributed by atoms with Crippen LogP contribution in [0.2, 0.25) is 0 Å². The van der Waals surface area contributed by atoms with E-state index >= 15 is 0 Å². The van der Waals surface area contributed by atoms with Gasteiger partial charge in [0.2, 0.25) is 0 Å². The highest BCUT2D eigenvalue weighted by Crippen LogP contribution is 2.37. The average Bonchev–Trinajstić information content (AvgIpc) is 2.88. The van der Waals surface area contributed by atoms with Gasteiger partial charge >= 0.3 is 19.8 Å². The number of carboxylic acids is 2. The lowest BCUT2D eigenvalue weighted by atomic mass is 9.94. The summed E-state index contributed by atoms with van der Waals surface area (Å²) in [5, 5.41) is 17.3. The van der Waals surface area contributed by atoms with E-state index in [1.807, 2.05) is 0 Å². The normalized spacial score (nSPS) is 12.6. The Morgan fingerprint density at radius 3 is 0.975 bits per heavy atom. The number of phosphoric acid groups is 1. The summed E-state index contributed by atoms with van der Waals surface area (Å²) in [6.07, 6.45) is 28.9. The van der Waals surface area contributed by atoms with Gasteiger partial charge in [0.1, 0.15) is 0 Å². The number of unbranched alkanes of at least 4 members (excludes halogenated alkanes) is 21. The van der Waals surface area contributed by atoms with Crippen molar-refractivity contribution in [1.29, 1.82) is 0 Å². The summed E-state index contributed by atoms with van der Waals surface area (Å²) in [4.78, 5) is 39.2. The first-order valence-corrected chi connectivity index (χ1v) is 17.9. The number of carbonyl (C=O) groups is 2. The number of phosphoric ester groups is 1. The van der Waals surface area contributed by atoms with Gasteiger partial charge < -0.3 is 20.0 Å². The maximum atomic E-state index is 11.2. The zero-order valence-corrected chi connectivity index (χ0v) is 26.1. The molecule has 0 aromatic heterocycles. The van der Waals surface area contributed by atoms with Crippen LogP contribution in [-0.2, 0) is 18.7 Å². The predicted octanol–water partition coefficient (Wildman–Crippen LogP) is 9.41. The fourth-order valence-electron chi connectivity index (χ4n) is 5.29. The third-order valence-electron chi connectivity index (χ3n) is 7.73. The van der Waals surface area contributed by atoms with E-state index in [0.717, 1.165) is 77.0 Å². The Hall–Kier alpha value is -0.950. The third-order valence-corrected chi connectivity index (χ3v) is 8.22. The molecule has 8 nitrogen and oxygen atoms in total. The number of aliphatic carboxylic acids is 2. The van der Waals surface area contributed by atoms with Crippen LogP contribution in [0.25, 0.3) is 0 Å². The molecule has 0 fully saturated rings. The molecule has 0 unspecified atom stereocenters. The van der Waals surface area contributed by atoms with Crippen LogP contribution in [0.3, 0.4) is 0 Å². The summed E-state index contributed by atoms with van der Waals surface area (Å²) in [5.74, 6) is -1.18. The molecule has 9 heteroatoms. The molecule has 0 amide bonds. The minimum absolute atomic E-state index is 0.146. The Morgan fingerprint density at radius 2 is 0.725 bits per heavy atom. The molecule has 0 rings (SSSR count). The molecule has 0 spiro atoms. The molecule has 0 aromatic rings. The van der Waals surface area contributed by atoms with E-state index < -0.39 is 19.8 Å². The van der Waals surface area contributed by atoms with Crippen molar-refractivity contribution >= 4 is 19.8 Å². The molecule has 0 aliphatic carbocycles. The van der Waals surface area contributed by atoms with E-state index in [-0.39, 0.29) is 18.9 Å². The highest BCUT2D eigenvalue weighted by atomic mass is 31.2. The second kappa shape index (κ2) is 28.2. The minimum atomic E-state index is -4.42. The molecule has 0 radical (unpaired) electrons. The molecular weight excluding hydrogens is 531 g/mol. The average molecular weight is 593 g/mol. The van der Waals surface area contributed by atoms with Crippen LogP contribution < -0.4 is 0 Å². The minimum Gasteiger partial charge on any atom is -0.481 e. The van der Waals surface area contributed by atoms with E-state index in [0.29, 0.717) is 6.42 Å². The summed E-state index contributed by atoms with van der Waals surface area (Å²) in [6, 6.07) is 0. The Morgan fingerprint density at radius 1 is 0.475 bits per heavy atom. The van der Waals surface area contributed by atoms with Gasteiger partial charge in [-0.2, -0.15) is 0 Å². The highest BCUT2D eigenvalue weighted by molar-refractivity contribution is 7.46. The van der Waals surface area contributed by atoms with Crippen LogP contribution in [0.15, 0.2) is 0 Å². The summed E-state index contributed by atoms with van der Waals surface area (Å²) >= 11 is 0. The van der Waals surface area contributed by atoms with Crippen LogP contribution in [0.1, 0.15) is 173 Å². The van der Waals surface area contributed by atoms with Crippen molar-refractivity contribution < 1.29 is 38.7 Å². The molecule has 0 saturated heterocycles. The SMILES string of the molecule is O=C(O)CCCCCCCCCCCCCC[C@@H](CCCCCCCCCCCCCC(=O)O)COP(=O)(O)O. The number of carboxylic acid groups (broad SMARTS) is 2. The van der Waals surface area contributed by atoms with Gasteiger partial charge in [-0.15, -0.1) is 0 Å². The van der Waals surface area contributed by atoms with E-state index in [9.17, 15) is 14.2 Å². The molecule has 0 aromatic carbocycles. The third kappa shape index (κ3) is 33.3. The fraction of sp³-hybridized carbons (Fsp3) is 0.935.